The lowest BCUT2D eigenvalue weighted by molar-refractivity contribution is -0.141. The number of unbranched alkanes of at least 4 members (excludes halogenated alkanes) is 1. The summed E-state index contributed by atoms with van der Waals surface area (Å²) in [6, 6.07) is 7.56. The Labute approximate surface area is 115 Å². The number of hydrogen-bond acceptors (Lipinski definition) is 4. The molecule has 0 bridgehead atoms. The van der Waals surface area contributed by atoms with Crippen LogP contribution in [-0.4, -0.2) is 25.7 Å². The molecule has 4 heteroatoms. The van der Waals surface area contributed by atoms with Crippen LogP contribution in [0.4, 0.5) is 5.69 Å². The summed E-state index contributed by atoms with van der Waals surface area (Å²) in [5.41, 5.74) is 0.885. The van der Waals surface area contributed by atoms with Gasteiger partial charge in [0.15, 0.2) is 0 Å². The number of esters is 1. The second kappa shape index (κ2) is 9.25. The van der Waals surface area contributed by atoms with Crippen molar-refractivity contribution in [2.45, 2.75) is 33.1 Å². The lowest BCUT2D eigenvalue weighted by atomic mass is 10.3. The predicted molar refractivity (Wildman–Crippen MR) is 76.6 cm³/mol. The van der Waals surface area contributed by atoms with Crippen molar-refractivity contribution < 1.29 is 14.3 Å². The normalized spacial score (nSPS) is 10.0. The first-order valence-electron chi connectivity index (χ1n) is 6.88. The van der Waals surface area contributed by atoms with Gasteiger partial charge >= 0.3 is 5.97 Å². The first kappa shape index (κ1) is 15.3. The van der Waals surface area contributed by atoms with E-state index >= 15 is 0 Å². The van der Waals surface area contributed by atoms with Gasteiger partial charge < -0.3 is 14.8 Å². The van der Waals surface area contributed by atoms with Gasteiger partial charge in [-0.2, -0.15) is 0 Å². The second-order valence-corrected chi connectivity index (χ2v) is 4.30. The van der Waals surface area contributed by atoms with E-state index in [1.54, 1.807) is 0 Å². The Kier molecular flexibility index (Phi) is 7.47. The molecule has 19 heavy (non-hydrogen) atoms. The fourth-order valence-corrected chi connectivity index (χ4v) is 1.44. The molecule has 0 amide bonds. The van der Waals surface area contributed by atoms with Gasteiger partial charge in [0.2, 0.25) is 0 Å². The number of carbonyl (C=O) groups is 1. The van der Waals surface area contributed by atoms with Crippen molar-refractivity contribution in [1.29, 1.82) is 0 Å². The largest absolute Gasteiger partial charge is 0.494 e. The van der Waals surface area contributed by atoms with Crippen LogP contribution >= 0.6 is 0 Å². The van der Waals surface area contributed by atoms with Crippen LogP contribution in [0.3, 0.4) is 0 Å². The van der Waals surface area contributed by atoms with E-state index < -0.39 is 0 Å². The van der Waals surface area contributed by atoms with Gasteiger partial charge in [-0.15, -0.1) is 0 Å². The molecule has 1 aromatic rings. The van der Waals surface area contributed by atoms with Gasteiger partial charge in [0, 0.05) is 5.69 Å². The van der Waals surface area contributed by atoms with Crippen LogP contribution in [0.2, 0.25) is 0 Å². The van der Waals surface area contributed by atoms with Gasteiger partial charge in [0.25, 0.3) is 0 Å². The molecule has 0 fully saturated rings. The number of anilines is 1. The summed E-state index contributed by atoms with van der Waals surface area (Å²) in [5, 5.41) is 3.02. The van der Waals surface area contributed by atoms with Gasteiger partial charge in [-0.25, -0.2) is 0 Å². The topological polar surface area (TPSA) is 47.6 Å². The third-order valence-corrected chi connectivity index (χ3v) is 2.52. The fraction of sp³-hybridized carbons (Fsp3) is 0.533. The molecule has 1 N–H and O–H groups in total. The summed E-state index contributed by atoms with van der Waals surface area (Å²) in [4.78, 5) is 11.4. The summed E-state index contributed by atoms with van der Waals surface area (Å²) >= 11 is 0. The van der Waals surface area contributed by atoms with Gasteiger partial charge in [-0.05, 0) is 37.1 Å². The third-order valence-electron chi connectivity index (χ3n) is 2.52. The number of ether oxygens (including phenoxy) is 2. The maximum Gasteiger partial charge on any atom is 0.325 e. The van der Waals surface area contributed by atoms with E-state index in [0.717, 1.165) is 37.3 Å². The van der Waals surface area contributed by atoms with E-state index in [1.807, 2.05) is 24.3 Å². The average molecular weight is 265 g/mol. The smallest absolute Gasteiger partial charge is 0.325 e. The van der Waals surface area contributed by atoms with Crippen molar-refractivity contribution in [3.63, 3.8) is 0 Å². The molecule has 0 heterocycles. The number of benzene rings is 1. The number of hydrogen-bond donors (Lipinski definition) is 1. The summed E-state index contributed by atoms with van der Waals surface area (Å²) < 4.78 is 10.5. The first-order valence-corrected chi connectivity index (χ1v) is 6.88. The zero-order valence-corrected chi connectivity index (χ0v) is 11.8. The van der Waals surface area contributed by atoms with Crippen LogP contribution in [-0.2, 0) is 9.53 Å². The van der Waals surface area contributed by atoms with E-state index in [4.69, 9.17) is 9.47 Å². The standard InChI is InChI=1S/C15H23NO3/c1-3-5-11-19-15(17)12-16-13-6-8-14(9-7-13)18-10-4-2/h6-9,16H,3-5,10-12H2,1-2H3. The Morgan fingerprint density at radius 1 is 1.11 bits per heavy atom. The molecule has 0 saturated carbocycles. The van der Waals surface area contributed by atoms with Crippen LogP contribution in [0.5, 0.6) is 5.75 Å². The molecule has 0 aromatic heterocycles. The van der Waals surface area contributed by atoms with E-state index in [-0.39, 0.29) is 12.5 Å². The van der Waals surface area contributed by atoms with E-state index in [2.05, 4.69) is 19.2 Å². The van der Waals surface area contributed by atoms with Gasteiger partial charge in [-0.3, -0.25) is 4.79 Å². The monoisotopic (exact) mass is 265 g/mol. The highest BCUT2D eigenvalue weighted by atomic mass is 16.5. The SMILES string of the molecule is CCCCOC(=O)CNc1ccc(OCCC)cc1. The molecule has 0 saturated heterocycles. The lowest BCUT2D eigenvalue weighted by Gasteiger charge is -2.08. The Morgan fingerprint density at radius 3 is 2.47 bits per heavy atom. The molecule has 0 radical (unpaired) electrons. The molecule has 0 spiro atoms. The van der Waals surface area contributed by atoms with Crippen LogP contribution in [0.15, 0.2) is 24.3 Å². The van der Waals surface area contributed by atoms with E-state index in [0.29, 0.717) is 6.61 Å². The Morgan fingerprint density at radius 2 is 1.84 bits per heavy atom. The molecule has 4 nitrogen and oxygen atoms in total. The minimum Gasteiger partial charge on any atom is -0.494 e. The zero-order valence-electron chi connectivity index (χ0n) is 11.8. The maximum absolute atomic E-state index is 11.4. The number of nitrogens with one attached hydrogen (secondary N) is 1. The van der Waals surface area contributed by atoms with E-state index in [1.165, 1.54) is 0 Å². The molecule has 0 aliphatic heterocycles. The molecular weight excluding hydrogens is 242 g/mol. The van der Waals surface area contributed by atoms with Crippen molar-refractivity contribution >= 4 is 11.7 Å². The molecule has 106 valence electrons. The second-order valence-electron chi connectivity index (χ2n) is 4.30. The van der Waals surface area contributed by atoms with Crippen molar-refractivity contribution in [2.75, 3.05) is 25.1 Å². The van der Waals surface area contributed by atoms with Crippen LogP contribution in [0.25, 0.3) is 0 Å². The summed E-state index contributed by atoms with van der Waals surface area (Å²) in [6.45, 7) is 5.55. The van der Waals surface area contributed by atoms with Crippen LogP contribution < -0.4 is 10.1 Å². The first-order chi connectivity index (χ1) is 9.26. The minimum atomic E-state index is -0.222. The van der Waals surface area contributed by atoms with Crippen molar-refractivity contribution in [2.24, 2.45) is 0 Å². The fourth-order valence-electron chi connectivity index (χ4n) is 1.44. The lowest BCUT2D eigenvalue weighted by Crippen LogP contribution is -2.17. The van der Waals surface area contributed by atoms with Gasteiger partial charge in [0.05, 0.1) is 13.2 Å². The Bertz CT molecular complexity index is 362. The average Bonchev–Trinajstić information content (AvgIpc) is 2.44. The van der Waals surface area contributed by atoms with Crippen LogP contribution in [0.1, 0.15) is 33.1 Å². The summed E-state index contributed by atoms with van der Waals surface area (Å²) in [6.07, 6.45) is 2.93. The van der Waals surface area contributed by atoms with Crippen LogP contribution in [0, 0.1) is 0 Å². The Balaban J connectivity index is 2.27. The number of rotatable bonds is 9. The molecular formula is C15H23NO3. The summed E-state index contributed by atoms with van der Waals surface area (Å²) in [7, 11) is 0. The summed E-state index contributed by atoms with van der Waals surface area (Å²) in [5.74, 6) is 0.623. The molecule has 0 aliphatic carbocycles. The number of carbonyl (C=O) groups excluding carboxylic acids is 1. The quantitative estimate of drug-likeness (QED) is 0.550. The third kappa shape index (κ3) is 6.70. The molecule has 0 atom stereocenters. The maximum atomic E-state index is 11.4. The van der Waals surface area contributed by atoms with Gasteiger partial charge in [-0.1, -0.05) is 20.3 Å². The molecule has 1 rings (SSSR count). The highest BCUT2D eigenvalue weighted by Gasteiger charge is 2.02. The minimum absolute atomic E-state index is 0.193. The van der Waals surface area contributed by atoms with Crippen molar-refractivity contribution in [3.05, 3.63) is 24.3 Å². The van der Waals surface area contributed by atoms with Crippen molar-refractivity contribution in [3.8, 4) is 5.75 Å². The van der Waals surface area contributed by atoms with E-state index in [9.17, 15) is 4.79 Å². The predicted octanol–water partition coefficient (Wildman–Crippen LogP) is 3.23. The zero-order chi connectivity index (χ0) is 13.9. The molecule has 0 aliphatic rings. The highest BCUT2D eigenvalue weighted by molar-refractivity contribution is 5.75. The molecule has 0 unspecified atom stereocenters. The van der Waals surface area contributed by atoms with Gasteiger partial charge in [0.1, 0.15) is 12.3 Å². The highest BCUT2D eigenvalue weighted by Crippen LogP contribution is 2.15. The Hall–Kier alpha value is -1.71. The molecule has 1 aromatic carbocycles. The van der Waals surface area contributed by atoms with Crippen molar-refractivity contribution in [1.82, 2.24) is 0 Å².